The van der Waals surface area contributed by atoms with Crippen molar-refractivity contribution in [1.29, 1.82) is 0 Å². The summed E-state index contributed by atoms with van der Waals surface area (Å²) in [5.74, 6) is -1.13. The van der Waals surface area contributed by atoms with Crippen LogP contribution in [0.5, 0.6) is 0 Å². The fraction of sp³-hybridized carbons (Fsp3) is 0.0889. The van der Waals surface area contributed by atoms with Crippen LogP contribution in [0.25, 0.3) is 10.8 Å². The van der Waals surface area contributed by atoms with Crippen molar-refractivity contribution in [2.45, 2.75) is 0 Å². The lowest BCUT2D eigenvalue weighted by atomic mass is 10.1. The molecule has 0 bridgehead atoms. The summed E-state index contributed by atoms with van der Waals surface area (Å²) in [6.07, 6.45) is 0. The van der Waals surface area contributed by atoms with E-state index in [0.29, 0.717) is 28.4 Å². The van der Waals surface area contributed by atoms with E-state index in [4.69, 9.17) is 51.6 Å². The Balaban J connectivity index is 0.000000222. The molecule has 0 fully saturated rings. The molecule has 62 heavy (non-hydrogen) atoms. The molecule has 0 unspecified atom stereocenters. The molecule has 7 rings (SSSR count). The van der Waals surface area contributed by atoms with Gasteiger partial charge in [-0.3, -0.25) is 10.1 Å². The molecule has 0 heterocycles. The molecule has 0 aliphatic heterocycles. The number of anilines is 13. The number of nitrogens with one attached hydrogen (secondary N) is 1. The first kappa shape index (κ1) is 47.6. The minimum absolute atomic E-state index is 0.0160. The average Bonchev–Trinajstić information content (AvgIpc) is 3.23. The number of nitrogens with zero attached hydrogens (tertiary/aromatic N) is 3. The van der Waals surface area contributed by atoms with Crippen molar-refractivity contribution < 1.29 is 14.8 Å². The highest BCUT2D eigenvalue weighted by Gasteiger charge is 2.18. The number of aromatic carboxylic acids is 1. The van der Waals surface area contributed by atoms with Crippen LogP contribution in [0.4, 0.5) is 79.6 Å². The molecule has 20 N–H and O–H groups in total. The van der Waals surface area contributed by atoms with E-state index in [2.05, 4.69) is 5.32 Å². The standard InChI is InChI=1S/C15H16N4O4.C10H10N2.C8H12N2.C6H10N4.C6H7N/c1-18(2)10-4-6-12(11(8-10)15(20)21)17-13-5-3-9(16)7-14(13)19(22)23;11-9-5-6-10(12)8-4-2-1-3-7(8)9;1-10(2)8-5-3-4-7(9)6-8;7-3-1-4(8)6(10)2-5(3)9;7-6-4-2-1-3-5-6/h3-8,17H,16H2,1-2H3,(H,20,21);1-6H,11-12H2;3-6H,9H2,1-2H3;1-2H,7-10H2;1-5H,7H2. The predicted molar refractivity (Wildman–Crippen MR) is 261 cm³/mol. The van der Waals surface area contributed by atoms with Gasteiger partial charge in [0.25, 0.3) is 5.69 Å². The van der Waals surface area contributed by atoms with E-state index >= 15 is 0 Å². The molecule has 0 aliphatic carbocycles. The number of para-hydroxylation sites is 1. The van der Waals surface area contributed by atoms with Gasteiger partial charge in [0.15, 0.2) is 0 Å². The summed E-state index contributed by atoms with van der Waals surface area (Å²) in [6, 6.07) is 40.8. The number of nitro benzene ring substituents is 1. The quantitative estimate of drug-likeness (QED) is 0.0444. The number of carbonyl (C=O) groups is 1. The molecule has 0 atom stereocenters. The summed E-state index contributed by atoms with van der Waals surface area (Å²) in [6.45, 7) is 0. The summed E-state index contributed by atoms with van der Waals surface area (Å²) in [7, 11) is 7.57. The van der Waals surface area contributed by atoms with Crippen molar-refractivity contribution in [2.24, 2.45) is 0 Å². The van der Waals surface area contributed by atoms with E-state index < -0.39 is 10.9 Å². The maximum Gasteiger partial charge on any atom is 0.337 e. The first-order valence-electron chi connectivity index (χ1n) is 18.7. The van der Waals surface area contributed by atoms with E-state index in [0.717, 1.165) is 39.2 Å². The Morgan fingerprint density at radius 2 is 0.952 bits per heavy atom. The molecule has 0 saturated carbocycles. The molecule has 17 heteroatoms. The summed E-state index contributed by atoms with van der Waals surface area (Å²) in [5.41, 5.74) is 57.1. The van der Waals surface area contributed by atoms with Crippen molar-refractivity contribution in [1.82, 2.24) is 0 Å². The van der Waals surface area contributed by atoms with Crippen LogP contribution >= 0.6 is 0 Å². The molecule has 0 spiro atoms. The van der Waals surface area contributed by atoms with E-state index in [1.807, 2.05) is 110 Å². The van der Waals surface area contributed by atoms with Crippen molar-refractivity contribution in [3.05, 3.63) is 155 Å². The first-order valence-corrected chi connectivity index (χ1v) is 18.7. The van der Waals surface area contributed by atoms with Crippen LogP contribution in [0.2, 0.25) is 0 Å². The Bertz CT molecular complexity index is 2500. The summed E-state index contributed by atoms with van der Waals surface area (Å²) in [4.78, 5) is 25.8. The number of fused-ring (bicyclic) bond motifs is 1. The second-order valence-electron chi connectivity index (χ2n) is 13.9. The number of nitro groups is 1. The fourth-order valence-electron chi connectivity index (χ4n) is 5.32. The lowest BCUT2D eigenvalue weighted by Gasteiger charge is -2.16. The Labute approximate surface area is 360 Å². The highest BCUT2D eigenvalue weighted by molar-refractivity contribution is 6.00. The predicted octanol–water partition coefficient (Wildman–Crippen LogP) is 7.31. The number of nitrogen functional groups attached to an aromatic ring is 9. The zero-order valence-corrected chi connectivity index (χ0v) is 35.0. The monoisotopic (exact) mass is 841 g/mol. The molecule has 0 saturated heterocycles. The third-order valence-electron chi connectivity index (χ3n) is 8.70. The second-order valence-corrected chi connectivity index (χ2v) is 13.9. The minimum Gasteiger partial charge on any atom is -0.478 e. The van der Waals surface area contributed by atoms with Gasteiger partial charge in [-0.15, -0.1) is 0 Å². The number of nitrogens with two attached hydrogens (primary N) is 9. The van der Waals surface area contributed by atoms with Gasteiger partial charge in [-0.2, -0.15) is 0 Å². The maximum absolute atomic E-state index is 11.4. The third-order valence-corrected chi connectivity index (χ3v) is 8.70. The van der Waals surface area contributed by atoms with Gasteiger partial charge in [-0.05, 0) is 84.9 Å². The van der Waals surface area contributed by atoms with Crippen LogP contribution in [0.1, 0.15) is 10.4 Å². The van der Waals surface area contributed by atoms with E-state index in [1.54, 1.807) is 43.3 Å². The smallest absolute Gasteiger partial charge is 0.337 e. The van der Waals surface area contributed by atoms with Crippen molar-refractivity contribution in [2.75, 3.05) is 94.9 Å². The zero-order valence-electron chi connectivity index (χ0n) is 35.0. The van der Waals surface area contributed by atoms with Crippen molar-refractivity contribution in [3.8, 4) is 0 Å². The molecule has 7 aromatic carbocycles. The molecule has 0 aliphatic rings. The average molecular weight is 842 g/mol. The zero-order chi connectivity index (χ0) is 46.1. The third kappa shape index (κ3) is 14.3. The highest BCUT2D eigenvalue weighted by Crippen LogP contribution is 2.32. The lowest BCUT2D eigenvalue weighted by molar-refractivity contribution is -0.383. The maximum atomic E-state index is 11.4. The Kier molecular flexibility index (Phi) is 17.2. The molecule has 7 aromatic rings. The molecular weight excluding hydrogens is 787 g/mol. The number of hydrogen-bond donors (Lipinski definition) is 11. The van der Waals surface area contributed by atoms with Gasteiger partial charge in [0.2, 0.25) is 0 Å². The van der Waals surface area contributed by atoms with Crippen LogP contribution in [0, 0.1) is 10.1 Å². The Hall–Kier alpha value is -8.73. The molecule has 0 aromatic heterocycles. The fourth-order valence-corrected chi connectivity index (χ4v) is 5.32. The van der Waals surface area contributed by atoms with Crippen LogP contribution in [-0.4, -0.2) is 44.2 Å². The molecule has 324 valence electrons. The summed E-state index contributed by atoms with van der Waals surface area (Å²) in [5, 5.41) is 25.3. The SMILES string of the molecule is CN(C)c1ccc(Nc2ccc(N)cc2[N+](=O)[O-])c(C(=O)O)c1.CN(C)c1cccc(N)c1.Nc1cc(N)c(N)cc1N.Nc1ccc(N)c2ccccc12.Nc1ccccc1. The number of carboxylic acid groups (broad SMARTS) is 1. The Morgan fingerprint density at radius 1 is 0.500 bits per heavy atom. The van der Waals surface area contributed by atoms with Gasteiger partial charge in [0.1, 0.15) is 5.69 Å². The van der Waals surface area contributed by atoms with E-state index in [9.17, 15) is 20.0 Å². The largest absolute Gasteiger partial charge is 0.478 e. The van der Waals surface area contributed by atoms with Gasteiger partial charge in [0, 0.05) is 84.8 Å². The molecule has 0 radical (unpaired) electrons. The van der Waals surface area contributed by atoms with E-state index in [-0.39, 0.29) is 28.3 Å². The van der Waals surface area contributed by atoms with Crippen molar-refractivity contribution in [3.63, 3.8) is 0 Å². The van der Waals surface area contributed by atoms with Crippen LogP contribution in [0.15, 0.2) is 140 Å². The van der Waals surface area contributed by atoms with Gasteiger partial charge in [-0.25, -0.2) is 4.79 Å². The number of benzene rings is 7. The Morgan fingerprint density at radius 3 is 1.37 bits per heavy atom. The summed E-state index contributed by atoms with van der Waals surface area (Å²) >= 11 is 0. The topological polar surface area (TPSA) is 333 Å². The molecule has 0 amide bonds. The minimum atomic E-state index is -1.13. The second kappa shape index (κ2) is 22.4. The number of hydrogen-bond acceptors (Lipinski definition) is 15. The molecule has 17 nitrogen and oxygen atoms in total. The van der Waals surface area contributed by atoms with Crippen LogP contribution in [0.3, 0.4) is 0 Å². The number of carboxylic acids is 1. The normalized spacial score (nSPS) is 9.81. The van der Waals surface area contributed by atoms with Gasteiger partial charge >= 0.3 is 5.97 Å². The number of rotatable bonds is 6. The lowest BCUT2D eigenvalue weighted by Crippen LogP contribution is -2.11. The highest BCUT2D eigenvalue weighted by atomic mass is 16.6. The van der Waals surface area contributed by atoms with Crippen LogP contribution in [-0.2, 0) is 0 Å². The first-order chi connectivity index (χ1) is 29.3. The molecular formula is C45H55N13O4. The van der Waals surface area contributed by atoms with Crippen molar-refractivity contribution >= 4 is 96.4 Å². The van der Waals surface area contributed by atoms with Crippen LogP contribution < -0.4 is 66.7 Å². The van der Waals surface area contributed by atoms with Gasteiger partial charge < -0.3 is 71.8 Å². The van der Waals surface area contributed by atoms with Gasteiger partial charge in [0.05, 0.1) is 38.9 Å². The van der Waals surface area contributed by atoms with Gasteiger partial charge in [-0.1, -0.05) is 48.5 Å². The summed E-state index contributed by atoms with van der Waals surface area (Å²) < 4.78 is 0. The van der Waals surface area contributed by atoms with E-state index in [1.165, 1.54) is 24.3 Å².